The van der Waals surface area contributed by atoms with Crippen LogP contribution in [0.2, 0.25) is 5.02 Å². The first-order chi connectivity index (χ1) is 8.62. The molecular weight excluding hydrogens is 262 g/mol. The van der Waals surface area contributed by atoms with E-state index in [1.54, 1.807) is 18.2 Å². The van der Waals surface area contributed by atoms with E-state index in [1.165, 1.54) is 6.92 Å². The summed E-state index contributed by atoms with van der Waals surface area (Å²) in [6.45, 7) is 9.47. The normalized spacial score (nSPS) is 20.6. The molecule has 0 bridgehead atoms. The van der Waals surface area contributed by atoms with Crippen LogP contribution in [0.4, 0.5) is 0 Å². The van der Waals surface area contributed by atoms with Gasteiger partial charge in [-0.05, 0) is 52.2 Å². The van der Waals surface area contributed by atoms with Crippen LogP contribution < -0.4 is 5.46 Å². The number of hydrogen-bond donors (Lipinski definition) is 0. The standard InChI is InChI=1S/C14H18BClO3/c1-9(17)10-6-11(8-12(16)7-10)15-18-13(2,3)14(4,5)19-15/h6-8H,1-5H3. The highest BCUT2D eigenvalue weighted by Gasteiger charge is 2.51. The van der Waals surface area contributed by atoms with E-state index >= 15 is 0 Å². The first-order valence-corrected chi connectivity index (χ1v) is 6.67. The Labute approximate surface area is 119 Å². The summed E-state index contributed by atoms with van der Waals surface area (Å²) in [4.78, 5) is 11.5. The zero-order valence-corrected chi connectivity index (χ0v) is 12.7. The second-order valence-corrected chi connectivity index (χ2v) is 6.35. The van der Waals surface area contributed by atoms with Crippen molar-refractivity contribution in [2.24, 2.45) is 0 Å². The molecule has 1 aliphatic rings. The van der Waals surface area contributed by atoms with Gasteiger partial charge >= 0.3 is 7.12 Å². The molecule has 0 N–H and O–H groups in total. The molecule has 0 saturated carbocycles. The molecule has 102 valence electrons. The highest BCUT2D eigenvalue weighted by Crippen LogP contribution is 2.36. The molecule has 0 spiro atoms. The van der Waals surface area contributed by atoms with Gasteiger partial charge < -0.3 is 9.31 Å². The van der Waals surface area contributed by atoms with Crippen LogP contribution in [0.1, 0.15) is 45.0 Å². The van der Waals surface area contributed by atoms with E-state index < -0.39 is 18.3 Å². The number of carbonyl (C=O) groups excluding carboxylic acids is 1. The summed E-state index contributed by atoms with van der Waals surface area (Å²) in [6.07, 6.45) is 0. The van der Waals surface area contributed by atoms with Crippen LogP contribution in [-0.2, 0) is 9.31 Å². The molecule has 0 aromatic heterocycles. The molecule has 1 aromatic carbocycles. The van der Waals surface area contributed by atoms with Crippen molar-refractivity contribution in [1.82, 2.24) is 0 Å². The monoisotopic (exact) mass is 280 g/mol. The number of Topliss-reactive ketones (excluding diaryl/α,β-unsaturated/α-hetero) is 1. The molecule has 1 aliphatic heterocycles. The Balaban J connectivity index is 2.37. The molecule has 1 saturated heterocycles. The Bertz CT molecular complexity index is 509. The minimum absolute atomic E-state index is 0.0275. The molecule has 2 rings (SSSR count). The van der Waals surface area contributed by atoms with Crippen molar-refractivity contribution < 1.29 is 14.1 Å². The first kappa shape index (κ1) is 14.6. The summed E-state index contributed by atoms with van der Waals surface area (Å²) in [6, 6.07) is 5.20. The summed E-state index contributed by atoms with van der Waals surface area (Å²) >= 11 is 6.05. The molecule has 1 fully saturated rings. The van der Waals surface area contributed by atoms with Gasteiger partial charge in [-0.25, -0.2) is 0 Å². The third-order valence-electron chi connectivity index (χ3n) is 3.85. The van der Waals surface area contributed by atoms with Crippen molar-refractivity contribution in [3.05, 3.63) is 28.8 Å². The van der Waals surface area contributed by atoms with Crippen LogP contribution >= 0.6 is 11.6 Å². The van der Waals surface area contributed by atoms with E-state index in [2.05, 4.69) is 0 Å². The molecule has 0 aliphatic carbocycles. The lowest BCUT2D eigenvalue weighted by Gasteiger charge is -2.32. The Morgan fingerprint density at radius 1 is 1.11 bits per heavy atom. The lowest BCUT2D eigenvalue weighted by Crippen LogP contribution is -2.41. The van der Waals surface area contributed by atoms with E-state index in [-0.39, 0.29) is 5.78 Å². The Kier molecular flexibility index (Phi) is 3.54. The SMILES string of the molecule is CC(=O)c1cc(Cl)cc(B2OC(C)(C)C(C)(C)O2)c1. The van der Waals surface area contributed by atoms with Crippen molar-refractivity contribution in [1.29, 1.82) is 0 Å². The topological polar surface area (TPSA) is 35.5 Å². The Morgan fingerprint density at radius 2 is 1.63 bits per heavy atom. The number of halogens is 1. The molecule has 0 amide bonds. The van der Waals surface area contributed by atoms with Crippen LogP contribution in [0.5, 0.6) is 0 Å². The molecule has 5 heteroatoms. The van der Waals surface area contributed by atoms with Crippen LogP contribution in [0, 0.1) is 0 Å². The predicted molar refractivity (Wildman–Crippen MR) is 77.2 cm³/mol. The van der Waals surface area contributed by atoms with Crippen molar-refractivity contribution >= 4 is 30.0 Å². The van der Waals surface area contributed by atoms with Gasteiger partial charge in [-0.15, -0.1) is 0 Å². The molecule has 0 atom stereocenters. The molecule has 1 aromatic rings. The van der Waals surface area contributed by atoms with Gasteiger partial charge in [0.25, 0.3) is 0 Å². The van der Waals surface area contributed by atoms with E-state index in [1.807, 2.05) is 27.7 Å². The quantitative estimate of drug-likeness (QED) is 0.617. The van der Waals surface area contributed by atoms with Gasteiger partial charge in [-0.3, -0.25) is 4.79 Å². The summed E-state index contributed by atoms with van der Waals surface area (Å²) in [5.74, 6) is -0.0275. The van der Waals surface area contributed by atoms with E-state index in [9.17, 15) is 4.79 Å². The van der Waals surface area contributed by atoms with Crippen molar-refractivity contribution in [2.75, 3.05) is 0 Å². The van der Waals surface area contributed by atoms with Gasteiger partial charge in [0.2, 0.25) is 0 Å². The third kappa shape index (κ3) is 2.71. The van der Waals surface area contributed by atoms with Gasteiger partial charge in [0.05, 0.1) is 11.2 Å². The number of benzene rings is 1. The maximum absolute atomic E-state index is 11.5. The number of hydrogen-bond acceptors (Lipinski definition) is 3. The van der Waals surface area contributed by atoms with E-state index in [0.29, 0.717) is 10.6 Å². The zero-order valence-electron chi connectivity index (χ0n) is 11.9. The Hall–Kier alpha value is -0.835. The lowest BCUT2D eigenvalue weighted by molar-refractivity contribution is 0.00578. The van der Waals surface area contributed by atoms with E-state index in [0.717, 1.165) is 5.46 Å². The highest BCUT2D eigenvalue weighted by molar-refractivity contribution is 6.62. The Morgan fingerprint density at radius 3 is 2.11 bits per heavy atom. The van der Waals surface area contributed by atoms with Gasteiger partial charge in [0.15, 0.2) is 5.78 Å². The number of ketones is 1. The maximum Gasteiger partial charge on any atom is 0.494 e. The average Bonchev–Trinajstić information content (AvgIpc) is 2.47. The maximum atomic E-state index is 11.5. The molecule has 3 nitrogen and oxygen atoms in total. The van der Waals surface area contributed by atoms with Crippen LogP contribution in [0.15, 0.2) is 18.2 Å². The largest absolute Gasteiger partial charge is 0.494 e. The second kappa shape index (κ2) is 4.62. The van der Waals surface area contributed by atoms with Crippen molar-refractivity contribution in [2.45, 2.75) is 45.8 Å². The van der Waals surface area contributed by atoms with Gasteiger partial charge in [0.1, 0.15) is 0 Å². The van der Waals surface area contributed by atoms with Crippen LogP contribution in [0.25, 0.3) is 0 Å². The summed E-state index contributed by atoms with van der Waals surface area (Å²) in [7, 11) is -0.498. The minimum atomic E-state index is -0.498. The first-order valence-electron chi connectivity index (χ1n) is 6.29. The lowest BCUT2D eigenvalue weighted by atomic mass is 9.78. The molecule has 19 heavy (non-hydrogen) atoms. The number of carbonyl (C=O) groups is 1. The summed E-state index contributed by atoms with van der Waals surface area (Å²) in [5, 5.41) is 0.511. The van der Waals surface area contributed by atoms with Gasteiger partial charge in [-0.1, -0.05) is 17.7 Å². The fraction of sp³-hybridized carbons (Fsp3) is 0.500. The minimum Gasteiger partial charge on any atom is -0.399 e. The second-order valence-electron chi connectivity index (χ2n) is 5.92. The zero-order chi connectivity index (χ0) is 14.4. The molecule has 1 heterocycles. The summed E-state index contributed by atoms with van der Waals surface area (Å²) < 4.78 is 11.9. The highest BCUT2D eigenvalue weighted by atomic mass is 35.5. The smallest absolute Gasteiger partial charge is 0.399 e. The van der Waals surface area contributed by atoms with Gasteiger partial charge in [-0.2, -0.15) is 0 Å². The van der Waals surface area contributed by atoms with Crippen LogP contribution in [0.3, 0.4) is 0 Å². The fourth-order valence-corrected chi connectivity index (χ4v) is 2.17. The predicted octanol–water partition coefficient (Wildman–Crippen LogP) is 2.84. The van der Waals surface area contributed by atoms with E-state index in [4.69, 9.17) is 20.9 Å². The van der Waals surface area contributed by atoms with Crippen molar-refractivity contribution in [3.63, 3.8) is 0 Å². The third-order valence-corrected chi connectivity index (χ3v) is 4.07. The average molecular weight is 281 g/mol. The molecule has 0 unspecified atom stereocenters. The van der Waals surface area contributed by atoms with Crippen LogP contribution in [-0.4, -0.2) is 24.1 Å². The van der Waals surface area contributed by atoms with Gasteiger partial charge in [0, 0.05) is 10.6 Å². The van der Waals surface area contributed by atoms with Crippen molar-refractivity contribution in [3.8, 4) is 0 Å². The number of rotatable bonds is 2. The fourth-order valence-electron chi connectivity index (χ4n) is 1.93. The molecule has 0 radical (unpaired) electrons. The molecular formula is C14H18BClO3. The summed E-state index contributed by atoms with van der Waals surface area (Å²) in [5.41, 5.74) is 0.529.